The van der Waals surface area contributed by atoms with Gasteiger partial charge in [0.25, 0.3) is 5.91 Å². The van der Waals surface area contributed by atoms with Gasteiger partial charge in [-0.25, -0.2) is 14.6 Å². The Morgan fingerprint density at radius 1 is 0.906 bits per heavy atom. The maximum absolute atomic E-state index is 13.6. The van der Waals surface area contributed by atoms with Crippen LogP contribution < -0.4 is 0 Å². The molecule has 0 N–H and O–H groups in total. The maximum atomic E-state index is 13.6. The van der Waals surface area contributed by atoms with E-state index in [9.17, 15) is 9.59 Å². The summed E-state index contributed by atoms with van der Waals surface area (Å²) in [6.45, 7) is 1.99. The summed E-state index contributed by atoms with van der Waals surface area (Å²) in [5.41, 5.74) is 4.92. The lowest BCUT2D eigenvalue weighted by atomic mass is 10.0. The van der Waals surface area contributed by atoms with Crippen molar-refractivity contribution in [1.82, 2.24) is 19.7 Å². The molecule has 0 aliphatic rings. The molecule has 32 heavy (non-hydrogen) atoms. The number of carbonyl (C=O) groups is 2. The van der Waals surface area contributed by atoms with Crippen molar-refractivity contribution in [3.8, 4) is 22.5 Å². The van der Waals surface area contributed by atoms with Gasteiger partial charge in [-0.15, -0.1) is 0 Å². The Hall–Kier alpha value is -4.45. The summed E-state index contributed by atoms with van der Waals surface area (Å²) in [7, 11) is 0. The summed E-state index contributed by atoms with van der Waals surface area (Å²) < 4.78 is 1.21. The van der Waals surface area contributed by atoms with Gasteiger partial charge in [0.15, 0.2) is 11.9 Å². The van der Waals surface area contributed by atoms with E-state index in [4.69, 9.17) is 0 Å². The van der Waals surface area contributed by atoms with Crippen LogP contribution in [-0.2, 0) is 0 Å². The number of hydrogen-bond donors (Lipinski definition) is 0. The quantitative estimate of drug-likeness (QED) is 0.385. The van der Waals surface area contributed by atoms with E-state index < -0.39 is 0 Å². The molecule has 154 valence electrons. The average molecular weight is 418 g/mol. The normalized spacial score (nSPS) is 10.9. The number of aryl methyl sites for hydroxylation is 1. The number of nitrogens with zero attached hydrogens (tertiary/aromatic N) is 4. The Kier molecular flexibility index (Phi) is 4.88. The van der Waals surface area contributed by atoms with Crippen molar-refractivity contribution >= 4 is 23.2 Å². The molecule has 3 heterocycles. The van der Waals surface area contributed by atoms with Crippen molar-refractivity contribution in [3.05, 3.63) is 102 Å². The molecule has 5 aromatic rings. The number of pyridine rings is 2. The Bertz CT molecular complexity index is 1450. The van der Waals surface area contributed by atoms with Crippen LogP contribution in [0.25, 0.3) is 33.5 Å². The predicted octanol–water partition coefficient (Wildman–Crippen LogP) is 4.97. The van der Waals surface area contributed by atoms with Crippen LogP contribution in [0.5, 0.6) is 0 Å². The molecule has 0 amide bonds. The summed E-state index contributed by atoms with van der Waals surface area (Å²) in [4.78, 5) is 34.3. The van der Waals surface area contributed by atoms with Crippen LogP contribution in [0.1, 0.15) is 26.3 Å². The van der Waals surface area contributed by atoms with Gasteiger partial charge in [0.1, 0.15) is 5.69 Å². The van der Waals surface area contributed by atoms with E-state index in [2.05, 4.69) is 15.1 Å². The molecule has 2 aromatic carbocycles. The van der Waals surface area contributed by atoms with Crippen molar-refractivity contribution in [2.75, 3.05) is 0 Å². The van der Waals surface area contributed by atoms with Gasteiger partial charge < -0.3 is 0 Å². The Balaban J connectivity index is 1.67. The Morgan fingerprint density at radius 2 is 1.66 bits per heavy atom. The highest BCUT2D eigenvalue weighted by atomic mass is 16.2. The van der Waals surface area contributed by atoms with Crippen LogP contribution in [0.3, 0.4) is 0 Å². The van der Waals surface area contributed by atoms with Crippen molar-refractivity contribution < 1.29 is 9.59 Å². The summed E-state index contributed by atoms with van der Waals surface area (Å²) >= 11 is 0. The first-order valence-electron chi connectivity index (χ1n) is 10.1. The minimum atomic E-state index is -0.372. The lowest BCUT2D eigenvalue weighted by molar-refractivity contribution is 0.0946. The largest absolute Gasteiger partial charge is 0.298 e. The minimum Gasteiger partial charge on any atom is -0.298 e. The van der Waals surface area contributed by atoms with Gasteiger partial charge in [-0.1, -0.05) is 60.2 Å². The van der Waals surface area contributed by atoms with Crippen LogP contribution in [0.2, 0.25) is 0 Å². The minimum absolute atomic E-state index is 0.346. The molecule has 0 spiro atoms. The average Bonchev–Trinajstić information content (AvgIpc) is 3.28. The molecule has 0 fully saturated rings. The fourth-order valence-corrected chi connectivity index (χ4v) is 3.62. The van der Waals surface area contributed by atoms with Gasteiger partial charge in [0.2, 0.25) is 0 Å². The lowest BCUT2D eigenvalue weighted by Crippen LogP contribution is -2.15. The zero-order valence-electron chi connectivity index (χ0n) is 17.3. The molecule has 0 aliphatic carbocycles. The van der Waals surface area contributed by atoms with Crippen LogP contribution in [0.4, 0.5) is 0 Å². The Morgan fingerprint density at radius 3 is 2.41 bits per heavy atom. The Labute approximate surface area is 184 Å². The third-order valence-corrected chi connectivity index (χ3v) is 5.27. The van der Waals surface area contributed by atoms with Crippen molar-refractivity contribution in [2.45, 2.75) is 6.92 Å². The zero-order valence-corrected chi connectivity index (χ0v) is 17.3. The highest BCUT2D eigenvalue weighted by Crippen LogP contribution is 2.27. The van der Waals surface area contributed by atoms with Crippen molar-refractivity contribution in [1.29, 1.82) is 0 Å². The smallest absolute Gasteiger partial charge is 0.280 e. The second-order valence-corrected chi connectivity index (χ2v) is 7.47. The maximum Gasteiger partial charge on any atom is 0.280 e. The van der Waals surface area contributed by atoms with E-state index >= 15 is 0 Å². The highest BCUT2D eigenvalue weighted by molar-refractivity contribution is 6.04. The van der Waals surface area contributed by atoms with E-state index in [0.717, 1.165) is 22.1 Å². The summed E-state index contributed by atoms with van der Waals surface area (Å²) in [6.07, 6.45) is 3.85. The first-order valence-corrected chi connectivity index (χ1v) is 10.1. The molecule has 3 aromatic heterocycles. The highest BCUT2D eigenvalue weighted by Gasteiger charge is 2.21. The molecular formula is C26H18N4O2. The number of hydrogen-bond acceptors (Lipinski definition) is 5. The number of aldehydes is 1. The van der Waals surface area contributed by atoms with Crippen LogP contribution in [0.15, 0.2) is 85.2 Å². The van der Waals surface area contributed by atoms with Gasteiger partial charge in [-0.2, -0.15) is 5.10 Å². The topological polar surface area (TPSA) is 77.7 Å². The molecule has 6 heteroatoms. The van der Waals surface area contributed by atoms with E-state index in [-0.39, 0.29) is 5.91 Å². The number of benzene rings is 2. The van der Waals surface area contributed by atoms with Crippen molar-refractivity contribution in [2.24, 2.45) is 0 Å². The van der Waals surface area contributed by atoms with Crippen molar-refractivity contribution in [3.63, 3.8) is 0 Å². The van der Waals surface area contributed by atoms with Crippen LogP contribution in [0, 0.1) is 6.92 Å². The standard InChI is InChI=1S/C26H18N4O2/c1-17-9-11-19(12-10-17)23-21(16-31)15-30(29-23)26(32)22-14-20-8-5-13-27-25(20)28-24(22)18-6-3-2-4-7-18/h2-16H,1H3. The lowest BCUT2D eigenvalue weighted by Gasteiger charge is -2.10. The summed E-state index contributed by atoms with van der Waals surface area (Å²) in [6, 6.07) is 22.6. The van der Waals surface area contributed by atoms with Crippen LogP contribution >= 0.6 is 0 Å². The number of aromatic nitrogens is 4. The number of rotatable bonds is 4. The zero-order chi connectivity index (χ0) is 22.1. The number of carbonyl (C=O) groups excluding carboxylic acids is 2. The molecule has 0 saturated carbocycles. The molecule has 0 bridgehead atoms. The molecule has 0 saturated heterocycles. The first-order chi connectivity index (χ1) is 15.6. The monoisotopic (exact) mass is 418 g/mol. The van der Waals surface area contributed by atoms with E-state index in [0.29, 0.717) is 34.4 Å². The fourth-order valence-electron chi connectivity index (χ4n) is 3.62. The third kappa shape index (κ3) is 3.48. The SMILES string of the molecule is Cc1ccc(-c2nn(C(=O)c3cc4cccnc4nc3-c3ccccc3)cc2C=O)cc1. The van der Waals surface area contributed by atoms with Gasteiger partial charge in [0.05, 0.1) is 16.8 Å². The van der Waals surface area contributed by atoms with E-state index in [1.54, 1.807) is 18.3 Å². The molecular weight excluding hydrogens is 400 g/mol. The summed E-state index contributed by atoms with van der Waals surface area (Å²) in [5.74, 6) is -0.372. The van der Waals surface area contributed by atoms with Gasteiger partial charge in [-0.3, -0.25) is 9.59 Å². The molecule has 0 unspecified atom stereocenters. The molecule has 0 aliphatic heterocycles. The van der Waals surface area contributed by atoms with Gasteiger partial charge >= 0.3 is 0 Å². The fraction of sp³-hybridized carbons (Fsp3) is 0.0385. The predicted molar refractivity (Wildman–Crippen MR) is 122 cm³/mol. The van der Waals surface area contributed by atoms with E-state index in [1.165, 1.54) is 10.9 Å². The van der Waals surface area contributed by atoms with Gasteiger partial charge in [0, 0.05) is 28.9 Å². The molecule has 5 rings (SSSR count). The number of fused-ring (bicyclic) bond motifs is 1. The third-order valence-electron chi connectivity index (χ3n) is 5.27. The summed E-state index contributed by atoms with van der Waals surface area (Å²) in [5, 5.41) is 5.21. The van der Waals surface area contributed by atoms with Gasteiger partial charge in [-0.05, 0) is 25.1 Å². The van der Waals surface area contributed by atoms with Crippen LogP contribution in [-0.4, -0.2) is 31.9 Å². The molecule has 0 atom stereocenters. The second-order valence-electron chi connectivity index (χ2n) is 7.47. The molecule has 0 radical (unpaired) electrons. The van der Waals surface area contributed by atoms with E-state index in [1.807, 2.05) is 67.6 Å². The molecule has 6 nitrogen and oxygen atoms in total. The first kappa shape index (κ1) is 19.5. The second kappa shape index (κ2) is 8.00.